The van der Waals surface area contributed by atoms with Gasteiger partial charge in [-0.2, -0.15) is 0 Å². The Morgan fingerprint density at radius 1 is 0.844 bits per heavy atom. The summed E-state index contributed by atoms with van der Waals surface area (Å²) < 4.78 is 0. The Kier molecular flexibility index (Phi) is 6.68. The van der Waals surface area contributed by atoms with Crippen LogP contribution < -0.4 is 5.32 Å². The monoisotopic (exact) mass is 421 g/mol. The summed E-state index contributed by atoms with van der Waals surface area (Å²) in [5.41, 5.74) is 4.83. The number of carboxylic acid groups (broad SMARTS) is 1. The van der Waals surface area contributed by atoms with E-state index >= 15 is 0 Å². The second-order valence-corrected chi connectivity index (χ2v) is 7.38. The highest BCUT2D eigenvalue weighted by Gasteiger charge is 2.18. The van der Waals surface area contributed by atoms with E-state index in [1.54, 1.807) is 6.07 Å². The smallest absolute Gasteiger partial charge is 0.326 e. The first-order chi connectivity index (χ1) is 15.7. The van der Waals surface area contributed by atoms with E-state index in [2.05, 4.69) is 39.6 Å². The molecule has 2 N–H and O–H groups in total. The Morgan fingerprint density at radius 2 is 1.47 bits per heavy atom. The van der Waals surface area contributed by atoms with Gasteiger partial charge < -0.3 is 10.4 Å². The summed E-state index contributed by atoms with van der Waals surface area (Å²) in [4.78, 5) is 20.3. The Labute approximate surface area is 187 Å². The van der Waals surface area contributed by atoms with E-state index in [1.165, 1.54) is 6.33 Å². The molecule has 0 spiro atoms. The third-order valence-electron chi connectivity index (χ3n) is 5.04. The molecule has 0 amide bonds. The number of nitrogens with zero attached hydrogens (tertiary/aromatic N) is 2. The van der Waals surface area contributed by atoms with E-state index in [1.807, 2.05) is 72.8 Å². The minimum Gasteiger partial charge on any atom is -0.480 e. The highest BCUT2D eigenvalue weighted by atomic mass is 16.4. The number of aliphatic carboxylic acids is 1. The van der Waals surface area contributed by atoms with Gasteiger partial charge in [0.05, 0.1) is 5.69 Å². The highest BCUT2D eigenvalue weighted by Crippen LogP contribution is 2.21. The maximum Gasteiger partial charge on any atom is 0.326 e. The lowest BCUT2D eigenvalue weighted by atomic mass is 10.1. The molecule has 5 nitrogen and oxygen atoms in total. The van der Waals surface area contributed by atoms with Gasteiger partial charge in [0.25, 0.3) is 0 Å². The molecule has 0 saturated heterocycles. The van der Waals surface area contributed by atoms with Crippen molar-refractivity contribution in [1.29, 1.82) is 0 Å². The number of rotatable bonds is 8. The van der Waals surface area contributed by atoms with Crippen LogP contribution in [-0.2, 0) is 11.2 Å². The summed E-state index contributed by atoms with van der Waals surface area (Å²) in [5.74, 6) is -0.449. The first-order valence-corrected chi connectivity index (χ1v) is 10.4. The zero-order valence-electron chi connectivity index (χ0n) is 17.4. The van der Waals surface area contributed by atoms with Crippen LogP contribution in [0.25, 0.3) is 23.4 Å². The number of carboxylic acids is 1. The lowest BCUT2D eigenvalue weighted by Crippen LogP contribution is -2.31. The summed E-state index contributed by atoms with van der Waals surface area (Å²) in [6.45, 7) is 0. The molecule has 1 unspecified atom stereocenters. The van der Waals surface area contributed by atoms with Crippen molar-refractivity contribution >= 4 is 23.9 Å². The molecule has 158 valence electrons. The molecule has 0 aliphatic rings. The number of carbonyl (C=O) groups is 1. The van der Waals surface area contributed by atoms with Crippen molar-refractivity contribution in [2.75, 3.05) is 5.32 Å². The molecule has 4 rings (SSSR count). The molecule has 5 heteroatoms. The van der Waals surface area contributed by atoms with Crippen molar-refractivity contribution in [2.45, 2.75) is 12.5 Å². The topological polar surface area (TPSA) is 75.1 Å². The van der Waals surface area contributed by atoms with E-state index in [9.17, 15) is 9.90 Å². The first-order valence-electron chi connectivity index (χ1n) is 10.4. The van der Waals surface area contributed by atoms with Crippen LogP contribution in [0, 0.1) is 0 Å². The Morgan fingerprint density at radius 3 is 2.12 bits per heavy atom. The van der Waals surface area contributed by atoms with Gasteiger partial charge in [-0.15, -0.1) is 0 Å². The second-order valence-electron chi connectivity index (χ2n) is 7.38. The van der Waals surface area contributed by atoms with Crippen molar-refractivity contribution in [1.82, 2.24) is 9.97 Å². The molecule has 4 aromatic rings. The average Bonchev–Trinajstić information content (AvgIpc) is 2.84. The molecular formula is C27H23N3O2. The van der Waals surface area contributed by atoms with Gasteiger partial charge in [-0.25, -0.2) is 14.8 Å². The molecular weight excluding hydrogens is 398 g/mol. The van der Waals surface area contributed by atoms with E-state index in [4.69, 9.17) is 0 Å². The van der Waals surface area contributed by atoms with Crippen LogP contribution in [0.3, 0.4) is 0 Å². The molecule has 3 aromatic carbocycles. The normalized spacial score (nSPS) is 11.9. The molecule has 0 saturated carbocycles. The van der Waals surface area contributed by atoms with Crippen LogP contribution in [0.4, 0.5) is 5.82 Å². The summed E-state index contributed by atoms with van der Waals surface area (Å²) in [5, 5.41) is 12.7. The van der Waals surface area contributed by atoms with Gasteiger partial charge in [-0.05, 0) is 16.7 Å². The van der Waals surface area contributed by atoms with Crippen molar-refractivity contribution in [3.05, 3.63) is 114 Å². The van der Waals surface area contributed by atoms with Gasteiger partial charge in [0, 0.05) is 18.1 Å². The molecule has 1 atom stereocenters. The summed E-state index contributed by atoms with van der Waals surface area (Å²) >= 11 is 0. The van der Waals surface area contributed by atoms with Crippen LogP contribution in [-0.4, -0.2) is 27.1 Å². The summed E-state index contributed by atoms with van der Waals surface area (Å²) in [6, 6.07) is 28.7. The molecule has 0 aliphatic heterocycles. The van der Waals surface area contributed by atoms with Crippen LogP contribution in [0.2, 0.25) is 0 Å². The molecule has 0 radical (unpaired) electrons. The zero-order valence-corrected chi connectivity index (χ0v) is 17.4. The van der Waals surface area contributed by atoms with Gasteiger partial charge in [0.1, 0.15) is 18.2 Å². The summed E-state index contributed by atoms with van der Waals surface area (Å²) in [7, 11) is 0. The third-order valence-corrected chi connectivity index (χ3v) is 5.04. The minimum absolute atomic E-state index is 0.359. The molecule has 32 heavy (non-hydrogen) atoms. The van der Waals surface area contributed by atoms with E-state index < -0.39 is 12.0 Å². The number of aromatic nitrogens is 2. The van der Waals surface area contributed by atoms with Gasteiger partial charge in [0.15, 0.2) is 0 Å². The maximum absolute atomic E-state index is 11.8. The van der Waals surface area contributed by atoms with Gasteiger partial charge in [0.2, 0.25) is 0 Å². The highest BCUT2D eigenvalue weighted by molar-refractivity contribution is 5.78. The van der Waals surface area contributed by atoms with Crippen molar-refractivity contribution in [2.24, 2.45) is 0 Å². The molecule has 0 bridgehead atoms. The SMILES string of the molecule is O=C(O)C(Cc1ccccc1)Nc1cc(-c2ccc(/C=C\c3ccccc3)cc2)ncn1. The van der Waals surface area contributed by atoms with E-state index in [-0.39, 0.29) is 0 Å². The number of anilines is 1. The lowest BCUT2D eigenvalue weighted by molar-refractivity contribution is -0.137. The largest absolute Gasteiger partial charge is 0.480 e. The molecule has 1 heterocycles. The van der Waals surface area contributed by atoms with Gasteiger partial charge >= 0.3 is 5.97 Å². The number of hydrogen-bond acceptors (Lipinski definition) is 4. The number of hydrogen-bond donors (Lipinski definition) is 2. The van der Waals surface area contributed by atoms with Crippen LogP contribution in [0.15, 0.2) is 97.3 Å². The first kappa shape index (κ1) is 21.0. The van der Waals surface area contributed by atoms with Gasteiger partial charge in [-0.1, -0.05) is 97.1 Å². The third kappa shape index (κ3) is 5.67. The fraction of sp³-hybridized carbons (Fsp3) is 0.0741. The fourth-order valence-corrected chi connectivity index (χ4v) is 3.34. The predicted molar refractivity (Wildman–Crippen MR) is 128 cm³/mol. The standard InChI is InChI=1S/C27H23N3O2/c31-27(32)25(17-22-9-5-2-6-10-22)30-26-18-24(28-19-29-26)23-15-13-21(14-16-23)12-11-20-7-3-1-4-8-20/h1-16,18-19,25H,17H2,(H,31,32)(H,28,29,30)/b12-11-. The minimum atomic E-state index is -0.927. The fourth-order valence-electron chi connectivity index (χ4n) is 3.34. The van der Waals surface area contributed by atoms with E-state index in [0.29, 0.717) is 12.2 Å². The number of benzene rings is 3. The van der Waals surface area contributed by atoms with Crippen molar-refractivity contribution in [3.8, 4) is 11.3 Å². The van der Waals surface area contributed by atoms with Gasteiger partial charge in [-0.3, -0.25) is 0 Å². The molecule has 0 fully saturated rings. The molecule has 0 aliphatic carbocycles. The van der Waals surface area contributed by atoms with Crippen molar-refractivity contribution < 1.29 is 9.90 Å². The molecule has 1 aromatic heterocycles. The van der Waals surface area contributed by atoms with Crippen LogP contribution in [0.5, 0.6) is 0 Å². The van der Waals surface area contributed by atoms with E-state index in [0.717, 1.165) is 27.9 Å². The Hall–Kier alpha value is -4.25. The lowest BCUT2D eigenvalue weighted by Gasteiger charge is -2.15. The summed E-state index contributed by atoms with van der Waals surface area (Å²) in [6.07, 6.45) is 5.94. The van der Waals surface area contributed by atoms with Crippen molar-refractivity contribution in [3.63, 3.8) is 0 Å². The number of nitrogens with one attached hydrogen (secondary N) is 1. The van der Waals surface area contributed by atoms with Crippen LogP contribution >= 0.6 is 0 Å². The maximum atomic E-state index is 11.8. The Bertz CT molecular complexity index is 1190. The quantitative estimate of drug-likeness (QED) is 0.372. The average molecular weight is 422 g/mol. The Balaban J connectivity index is 1.47. The zero-order chi connectivity index (χ0) is 22.2. The predicted octanol–water partition coefficient (Wildman–Crippen LogP) is 5.42. The van der Waals surface area contributed by atoms with Crippen LogP contribution in [0.1, 0.15) is 16.7 Å². The second kappa shape index (κ2) is 10.2.